The fourth-order valence-corrected chi connectivity index (χ4v) is 4.08. The molecule has 3 heterocycles. The van der Waals surface area contributed by atoms with Crippen molar-refractivity contribution in [3.05, 3.63) is 70.3 Å². The van der Waals surface area contributed by atoms with Gasteiger partial charge in [0.15, 0.2) is 11.3 Å². The molecule has 0 N–H and O–H groups in total. The summed E-state index contributed by atoms with van der Waals surface area (Å²) in [5, 5.41) is 0.243. The smallest absolute Gasteiger partial charge is 0.296 e. The summed E-state index contributed by atoms with van der Waals surface area (Å²) >= 11 is 0. The normalized spacial score (nSPS) is 12.5. The number of hydrogen-bond acceptors (Lipinski definition) is 4. The van der Waals surface area contributed by atoms with Gasteiger partial charge in [-0.05, 0) is 43.2 Å². The van der Waals surface area contributed by atoms with Gasteiger partial charge in [0.2, 0.25) is 0 Å². The topological polar surface area (TPSA) is 65.6 Å². The maximum atomic E-state index is 13.6. The zero-order valence-electron chi connectivity index (χ0n) is 18.2. The number of alkyl halides is 3. The monoisotopic (exact) mass is 451 g/mol. The first-order valence-corrected chi connectivity index (χ1v) is 10.5. The standard InChI is InChI=1S/C24H20F3N5O/c1-13(2)12-31-14(3)28-21-19(23(31)33)20-22(30-18-10-5-4-9-17(18)29-20)32(21)16-8-6-7-15(11-16)24(25,26)27/h4-11,13H,12H2,1-3H3. The molecule has 0 fully saturated rings. The Morgan fingerprint density at radius 3 is 2.30 bits per heavy atom. The van der Waals surface area contributed by atoms with Gasteiger partial charge in [0, 0.05) is 12.2 Å². The van der Waals surface area contributed by atoms with Gasteiger partial charge < -0.3 is 0 Å². The summed E-state index contributed by atoms with van der Waals surface area (Å²) in [5.41, 5.74) is 1.12. The van der Waals surface area contributed by atoms with Gasteiger partial charge in [-0.15, -0.1) is 0 Å². The van der Waals surface area contributed by atoms with E-state index in [2.05, 4.69) is 15.0 Å². The summed E-state index contributed by atoms with van der Waals surface area (Å²) in [6, 6.07) is 12.1. The van der Waals surface area contributed by atoms with Gasteiger partial charge in [-0.3, -0.25) is 13.9 Å². The molecular weight excluding hydrogens is 431 g/mol. The third kappa shape index (κ3) is 3.44. The van der Waals surface area contributed by atoms with Crippen molar-refractivity contribution in [3.8, 4) is 5.69 Å². The number of hydrogen-bond donors (Lipinski definition) is 0. The number of rotatable bonds is 3. The fourth-order valence-electron chi connectivity index (χ4n) is 4.08. The number of halogens is 3. The zero-order chi connectivity index (χ0) is 23.5. The summed E-state index contributed by atoms with van der Waals surface area (Å²) in [5.74, 6) is 0.672. The predicted molar refractivity (Wildman–Crippen MR) is 121 cm³/mol. The molecule has 168 valence electrons. The molecule has 5 rings (SSSR count). The quantitative estimate of drug-likeness (QED) is 0.375. The highest BCUT2D eigenvalue weighted by molar-refractivity contribution is 6.05. The number of para-hydroxylation sites is 2. The maximum Gasteiger partial charge on any atom is 0.416 e. The minimum absolute atomic E-state index is 0.199. The zero-order valence-corrected chi connectivity index (χ0v) is 18.2. The van der Waals surface area contributed by atoms with Crippen LogP contribution < -0.4 is 5.56 Å². The van der Waals surface area contributed by atoms with Gasteiger partial charge in [-0.2, -0.15) is 13.2 Å². The average Bonchev–Trinajstić information content (AvgIpc) is 3.07. The number of fused-ring (bicyclic) bond motifs is 4. The molecule has 0 aliphatic carbocycles. The largest absolute Gasteiger partial charge is 0.416 e. The van der Waals surface area contributed by atoms with Gasteiger partial charge >= 0.3 is 6.18 Å². The van der Waals surface area contributed by atoms with Gasteiger partial charge in [0.25, 0.3) is 5.56 Å². The lowest BCUT2D eigenvalue weighted by atomic mass is 10.2. The second-order valence-corrected chi connectivity index (χ2v) is 8.44. The van der Waals surface area contributed by atoms with Crippen LogP contribution in [0, 0.1) is 12.8 Å². The molecule has 2 aromatic carbocycles. The van der Waals surface area contributed by atoms with Crippen molar-refractivity contribution in [2.45, 2.75) is 33.5 Å². The van der Waals surface area contributed by atoms with Crippen LogP contribution in [0.25, 0.3) is 38.9 Å². The van der Waals surface area contributed by atoms with Crippen LogP contribution in [0.1, 0.15) is 25.2 Å². The lowest BCUT2D eigenvalue weighted by Gasteiger charge is -2.13. The van der Waals surface area contributed by atoms with Crippen molar-refractivity contribution < 1.29 is 13.2 Å². The van der Waals surface area contributed by atoms with Crippen molar-refractivity contribution in [2.24, 2.45) is 5.92 Å². The van der Waals surface area contributed by atoms with Crippen LogP contribution in [-0.4, -0.2) is 24.1 Å². The highest BCUT2D eigenvalue weighted by Crippen LogP contribution is 2.33. The summed E-state index contributed by atoms with van der Waals surface area (Å²) < 4.78 is 43.4. The molecule has 0 amide bonds. The van der Waals surface area contributed by atoms with Crippen molar-refractivity contribution in [2.75, 3.05) is 0 Å². The Labute approximate surface area is 186 Å². The van der Waals surface area contributed by atoms with E-state index in [1.165, 1.54) is 10.6 Å². The number of aromatic nitrogens is 5. The average molecular weight is 451 g/mol. The van der Waals surface area contributed by atoms with E-state index in [0.29, 0.717) is 28.9 Å². The van der Waals surface area contributed by atoms with Crippen LogP contribution in [0.2, 0.25) is 0 Å². The van der Waals surface area contributed by atoms with Crippen LogP contribution in [0.5, 0.6) is 0 Å². The van der Waals surface area contributed by atoms with E-state index in [1.54, 1.807) is 35.8 Å². The Morgan fingerprint density at radius 2 is 1.64 bits per heavy atom. The molecule has 0 saturated carbocycles. The van der Waals surface area contributed by atoms with Crippen molar-refractivity contribution in [1.82, 2.24) is 24.1 Å². The van der Waals surface area contributed by atoms with E-state index >= 15 is 0 Å². The molecule has 0 bridgehead atoms. The lowest BCUT2D eigenvalue weighted by molar-refractivity contribution is -0.137. The Bertz CT molecular complexity index is 1600. The van der Waals surface area contributed by atoms with Crippen LogP contribution in [-0.2, 0) is 12.7 Å². The van der Waals surface area contributed by atoms with E-state index < -0.39 is 11.7 Å². The predicted octanol–water partition coefficient (Wildman–Crippen LogP) is 5.27. The SMILES string of the molecule is Cc1nc2c(c(=O)n1CC(C)C)c1nc3ccccc3nc1n2-c1cccc(C(F)(F)F)c1. The van der Waals surface area contributed by atoms with Gasteiger partial charge in [-0.1, -0.05) is 32.0 Å². The number of nitrogens with zero attached hydrogens (tertiary/aromatic N) is 5. The summed E-state index contributed by atoms with van der Waals surface area (Å²) in [6.07, 6.45) is -4.51. The Balaban J connectivity index is 1.96. The Morgan fingerprint density at radius 1 is 0.939 bits per heavy atom. The first-order chi connectivity index (χ1) is 15.6. The molecule has 0 radical (unpaired) electrons. The molecule has 5 aromatic rings. The minimum Gasteiger partial charge on any atom is -0.296 e. The molecule has 0 aliphatic rings. The lowest BCUT2D eigenvalue weighted by Crippen LogP contribution is -2.26. The van der Waals surface area contributed by atoms with E-state index in [1.807, 2.05) is 19.9 Å². The van der Waals surface area contributed by atoms with Crippen LogP contribution in [0.15, 0.2) is 53.3 Å². The molecular formula is C24H20F3N5O. The summed E-state index contributed by atoms with van der Waals surface area (Å²) in [4.78, 5) is 27.6. The van der Waals surface area contributed by atoms with E-state index in [-0.39, 0.29) is 33.8 Å². The van der Waals surface area contributed by atoms with E-state index in [4.69, 9.17) is 0 Å². The van der Waals surface area contributed by atoms with Crippen molar-refractivity contribution >= 4 is 33.2 Å². The second-order valence-electron chi connectivity index (χ2n) is 8.44. The molecule has 0 unspecified atom stereocenters. The first-order valence-electron chi connectivity index (χ1n) is 10.5. The van der Waals surface area contributed by atoms with Gasteiger partial charge in [-0.25, -0.2) is 15.0 Å². The molecule has 9 heteroatoms. The molecule has 0 aliphatic heterocycles. The third-order valence-electron chi connectivity index (χ3n) is 5.53. The highest BCUT2D eigenvalue weighted by atomic mass is 19.4. The fraction of sp³-hybridized carbons (Fsp3) is 0.250. The Kier molecular flexibility index (Phi) is 4.73. The van der Waals surface area contributed by atoms with Crippen LogP contribution in [0.3, 0.4) is 0 Å². The van der Waals surface area contributed by atoms with Crippen molar-refractivity contribution in [1.29, 1.82) is 0 Å². The maximum absolute atomic E-state index is 13.6. The van der Waals surface area contributed by atoms with Gasteiger partial charge in [0.05, 0.1) is 16.6 Å². The van der Waals surface area contributed by atoms with Crippen LogP contribution in [0.4, 0.5) is 13.2 Å². The first kappa shape index (κ1) is 21.1. The third-order valence-corrected chi connectivity index (χ3v) is 5.53. The van der Waals surface area contributed by atoms with Gasteiger partial charge in [0.1, 0.15) is 16.7 Å². The number of benzene rings is 2. The highest BCUT2D eigenvalue weighted by Gasteiger charge is 2.31. The summed E-state index contributed by atoms with van der Waals surface area (Å²) in [7, 11) is 0. The van der Waals surface area contributed by atoms with Crippen molar-refractivity contribution in [3.63, 3.8) is 0 Å². The van der Waals surface area contributed by atoms with E-state index in [0.717, 1.165) is 12.1 Å². The number of aryl methyl sites for hydroxylation is 1. The molecule has 0 spiro atoms. The Hall–Kier alpha value is -3.75. The molecule has 0 atom stereocenters. The van der Waals surface area contributed by atoms with Crippen LogP contribution >= 0.6 is 0 Å². The second kappa shape index (κ2) is 7.40. The van der Waals surface area contributed by atoms with E-state index in [9.17, 15) is 18.0 Å². The molecule has 6 nitrogen and oxygen atoms in total. The molecule has 3 aromatic heterocycles. The molecule has 33 heavy (non-hydrogen) atoms. The molecule has 0 saturated heterocycles. The minimum atomic E-state index is -4.51. The summed E-state index contributed by atoms with van der Waals surface area (Å²) in [6.45, 7) is 6.17.